The number of hydrogen-bond acceptors (Lipinski definition) is 3. The van der Waals surface area contributed by atoms with E-state index in [0.717, 1.165) is 0 Å². The number of oxazole rings is 1. The fourth-order valence-corrected chi connectivity index (χ4v) is 1.62. The second-order valence-corrected chi connectivity index (χ2v) is 4.19. The highest BCUT2D eigenvalue weighted by molar-refractivity contribution is 5.94. The van der Waals surface area contributed by atoms with Crippen molar-refractivity contribution in [2.45, 2.75) is 19.5 Å². The zero-order valence-corrected chi connectivity index (χ0v) is 10.5. The quantitative estimate of drug-likeness (QED) is 0.942. The van der Waals surface area contributed by atoms with E-state index in [2.05, 4.69) is 4.98 Å². The summed E-state index contributed by atoms with van der Waals surface area (Å²) >= 11 is 0. The second-order valence-electron chi connectivity index (χ2n) is 4.19. The average molecular weight is 284 g/mol. The van der Waals surface area contributed by atoms with E-state index >= 15 is 0 Å². The first kappa shape index (κ1) is 14.1. The van der Waals surface area contributed by atoms with E-state index in [9.17, 15) is 18.0 Å². The van der Waals surface area contributed by atoms with E-state index in [0.29, 0.717) is 23.6 Å². The van der Waals surface area contributed by atoms with Gasteiger partial charge in [0.15, 0.2) is 5.89 Å². The normalized spacial score (nSPS) is 11.4. The van der Waals surface area contributed by atoms with Gasteiger partial charge in [-0.1, -0.05) is 12.1 Å². The number of benzene rings is 1. The van der Waals surface area contributed by atoms with Crippen LogP contribution in [0.2, 0.25) is 0 Å². The third kappa shape index (κ3) is 3.59. The topological polar surface area (TPSA) is 55.1 Å². The summed E-state index contributed by atoms with van der Waals surface area (Å²) in [4.78, 5) is 14.8. The van der Waals surface area contributed by atoms with Crippen molar-refractivity contribution in [3.8, 4) is 0 Å². The Bertz CT molecular complexity index is 620. The van der Waals surface area contributed by atoms with Crippen LogP contribution in [0.5, 0.6) is 0 Å². The van der Waals surface area contributed by atoms with E-state index < -0.39 is 12.1 Å². The van der Waals surface area contributed by atoms with Crippen molar-refractivity contribution in [3.05, 3.63) is 47.7 Å². The van der Waals surface area contributed by atoms with Gasteiger partial charge in [-0.25, -0.2) is 4.98 Å². The molecule has 0 fully saturated rings. The molecule has 1 N–H and O–H groups in total. The van der Waals surface area contributed by atoms with Gasteiger partial charge in [0.1, 0.15) is 5.76 Å². The first-order valence-corrected chi connectivity index (χ1v) is 5.73. The fraction of sp³-hybridized carbons (Fsp3) is 0.231. The van der Waals surface area contributed by atoms with E-state index in [1.54, 1.807) is 30.6 Å². The van der Waals surface area contributed by atoms with Crippen molar-refractivity contribution >= 4 is 11.6 Å². The van der Waals surface area contributed by atoms with Crippen molar-refractivity contribution in [2.24, 2.45) is 0 Å². The third-order valence-corrected chi connectivity index (χ3v) is 2.47. The number of nitrogens with zero attached hydrogens (tertiary/aromatic N) is 1. The number of aryl methyl sites for hydroxylation is 1. The van der Waals surface area contributed by atoms with Crippen molar-refractivity contribution < 1.29 is 22.4 Å². The SMILES string of the molecule is Cc1cnc(Cc2cccc(NC(=O)C(F)(F)F)c2)o1. The van der Waals surface area contributed by atoms with Crippen LogP contribution in [0.15, 0.2) is 34.9 Å². The Morgan fingerprint density at radius 3 is 2.75 bits per heavy atom. The van der Waals surface area contributed by atoms with Crippen LogP contribution in [-0.2, 0) is 11.2 Å². The molecule has 0 saturated heterocycles. The zero-order valence-electron chi connectivity index (χ0n) is 10.5. The van der Waals surface area contributed by atoms with Crippen molar-refractivity contribution in [2.75, 3.05) is 5.32 Å². The van der Waals surface area contributed by atoms with Gasteiger partial charge in [0.2, 0.25) is 0 Å². The summed E-state index contributed by atoms with van der Waals surface area (Å²) in [6.07, 6.45) is -3.01. The Morgan fingerprint density at radius 1 is 1.40 bits per heavy atom. The van der Waals surface area contributed by atoms with E-state index in [4.69, 9.17) is 4.42 Å². The molecule has 0 radical (unpaired) electrons. The molecule has 0 unspecified atom stereocenters. The first-order chi connectivity index (χ1) is 9.34. The summed E-state index contributed by atoms with van der Waals surface area (Å²) < 4.78 is 41.7. The number of hydrogen-bond donors (Lipinski definition) is 1. The van der Waals surface area contributed by atoms with E-state index in [1.807, 2.05) is 0 Å². The molecule has 0 atom stereocenters. The van der Waals surface area contributed by atoms with Crippen LogP contribution in [0.4, 0.5) is 18.9 Å². The van der Waals surface area contributed by atoms with Gasteiger partial charge in [-0.2, -0.15) is 13.2 Å². The first-order valence-electron chi connectivity index (χ1n) is 5.73. The highest BCUT2D eigenvalue weighted by Crippen LogP contribution is 2.20. The van der Waals surface area contributed by atoms with Gasteiger partial charge >= 0.3 is 12.1 Å². The molecule has 0 spiro atoms. The zero-order chi connectivity index (χ0) is 14.8. The molecular formula is C13H11F3N2O2. The monoisotopic (exact) mass is 284 g/mol. The van der Waals surface area contributed by atoms with Gasteiger partial charge in [-0.3, -0.25) is 4.79 Å². The van der Waals surface area contributed by atoms with Crippen molar-refractivity contribution in [1.82, 2.24) is 4.98 Å². The molecular weight excluding hydrogens is 273 g/mol. The molecule has 1 aromatic carbocycles. The lowest BCUT2D eigenvalue weighted by atomic mass is 10.1. The van der Waals surface area contributed by atoms with E-state index in [-0.39, 0.29) is 5.69 Å². The second kappa shape index (κ2) is 5.36. The number of nitrogens with one attached hydrogen (secondary N) is 1. The minimum atomic E-state index is -4.91. The third-order valence-electron chi connectivity index (χ3n) is 2.47. The minimum absolute atomic E-state index is 0.0769. The molecule has 1 amide bonds. The standard InChI is InChI=1S/C13H11F3N2O2/c1-8-7-17-11(20-8)6-9-3-2-4-10(5-9)18-12(19)13(14,15)16/h2-5,7H,6H2,1H3,(H,18,19). The van der Waals surface area contributed by atoms with Crippen LogP contribution < -0.4 is 5.32 Å². The van der Waals surface area contributed by atoms with Crippen LogP contribution in [0.1, 0.15) is 17.2 Å². The number of anilines is 1. The number of carbonyl (C=O) groups is 1. The maximum atomic E-state index is 12.1. The molecule has 0 aliphatic rings. The number of alkyl halides is 3. The Balaban J connectivity index is 2.10. The molecule has 0 bridgehead atoms. The molecule has 106 valence electrons. The lowest BCUT2D eigenvalue weighted by molar-refractivity contribution is -0.167. The minimum Gasteiger partial charge on any atom is -0.446 e. The number of halogens is 3. The summed E-state index contributed by atoms with van der Waals surface area (Å²) in [5.74, 6) is -0.884. The predicted octanol–water partition coefficient (Wildman–Crippen LogP) is 3.07. The molecule has 0 aliphatic carbocycles. The van der Waals surface area contributed by atoms with Crippen LogP contribution >= 0.6 is 0 Å². The maximum absolute atomic E-state index is 12.1. The predicted molar refractivity (Wildman–Crippen MR) is 65.2 cm³/mol. The maximum Gasteiger partial charge on any atom is 0.471 e. The summed E-state index contributed by atoms with van der Waals surface area (Å²) in [7, 11) is 0. The number of aromatic nitrogens is 1. The Kier molecular flexibility index (Phi) is 3.78. The largest absolute Gasteiger partial charge is 0.471 e. The molecule has 4 nitrogen and oxygen atoms in total. The molecule has 0 saturated carbocycles. The molecule has 2 aromatic rings. The van der Waals surface area contributed by atoms with Crippen molar-refractivity contribution in [1.29, 1.82) is 0 Å². The molecule has 7 heteroatoms. The van der Waals surface area contributed by atoms with Gasteiger partial charge in [0.05, 0.1) is 6.20 Å². The van der Waals surface area contributed by atoms with Crippen molar-refractivity contribution in [3.63, 3.8) is 0 Å². The summed E-state index contributed by atoms with van der Waals surface area (Å²) in [5.41, 5.74) is 0.764. The number of amides is 1. The smallest absolute Gasteiger partial charge is 0.446 e. The highest BCUT2D eigenvalue weighted by Gasteiger charge is 2.38. The Morgan fingerprint density at radius 2 is 2.15 bits per heavy atom. The lowest BCUT2D eigenvalue weighted by Crippen LogP contribution is -2.29. The Hall–Kier alpha value is -2.31. The molecule has 1 heterocycles. The summed E-state index contributed by atoms with van der Waals surface area (Å²) in [6, 6.07) is 6.09. The van der Waals surface area contributed by atoms with Gasteiger partial charge in [-0.05, 0) is 24.6 Å². The molecule has 0 aliphatic heterocycles. The average Bonchev–Trinajstić information content (AvgIpc) is 2.74. The lowest BCUT2D eigenvalue weighted by Gasteiger charge is -2.08. The summed E-state index contributed by atoms with van der Waals surface area (Å²) in [6.45, 7) is 1.75. The van der Waals surface area contributed by atoms with Gasteiger partial charge < -0.3 is 9.73 Å². The Labute approximate surface area is 112 Å². The van der Waals surface area contributed by atoms with Crippen LogP contribution in [0, 0.1) is 6.92 Å². The van der Waals surface area contributed by atoms with Gasteiger partial charge in [0.25, 0.3) is 0 Å². The molecule has 20 heavy (non-hydrogen) atoms. The fourth-order valence-electron chi connectivity index (χ4n) is 1.62. The van der Waals surface area contributed by atoms with Crippen LogP contribution in [0.25, 0.3) is 0 Å². The van der Waals surface area contributed by atoms with Crippen LogP contribution in [0.3, 0.4) is 0 Å². The van der Waals surface area contributed by atoms with Gasteiger partial charge in [-0.15, -0.1) is 0 Å². The molecule has 1 aromatic heterocycles. The summed E-state index contributed by atoms with van der Waals surface area (Å²) in [5, 5.41) is 1.80. The highest BCUT2D eigenvalue weighted by atomic mass is 19.4. The van der Waals surface area contributed by atoms with E-state index in [1.165, 1.54) is 12.1 Å². The number of carbonyl (C=O) groups excluding carboxylic acids is 1. The number of rotatable bonds is 3. The molecule has 2 rings (SSSR count). The van der Waals surface area contributed by atoms with Crippen LogP contribution in [-0.4, -0.2) is 17.1 Å². The van der Waals surface area contributed by atoms with Gasteiger partial charge in [0, 0.05) is 12.1 Å².